The molecule has 0 aromatic carbocycles. The maximum Gasteiger partial charge on any atom is 0.394 e. The van der Waals surface area contributed by atoms with E-state index in [1.54, 1.807) is 0 Å². The zero-order valence-corrected chi connectivity index (χ0v) is 5.54. The molecule has 2 saturated carbocycles. The molecule has 0 bridgehead atoms. The first-order valence-corrected chi connectivity index (χ1v) is 3.63. The van der Waals surface area contributed by atoms with Crippen LogP contribution in [0.3, 0.4) is 0 Å². The van der Waals surface area contributed by atoms with Crippen LogP contribution in [0.15, 0.2) is 0 Å². The summed E-state index contributed by atoms with van der Waals surface area (Å²) < 4.78 is 36.6. The molecule has 0 aliphatic heterocycles. The van der Waals surface area contributed by atoms with Gasteiger partial charge in [-0.1, -0.05) is 0 Å². The minimum absolute atomic E-state index is 0.00694. The molecule has 2 aliphatic carbocycles. The fourth-order valence-corrected chi connectivity index (χ4v) is 1.69. The van der Waals surface area contributed by atoms with Crippen molar-refractivity contribution in [2.75, 3.05) is 0 Å². The summed E-state index contributed by atoms with van der Waals surface area (Å²) in [6.07, 6.45) is -1.52. The largest absolute Gasteiger partial charge is 0.394 e. The Morgan fingerprint density at radius 2 is 1.60 bits per heavy atom. The quantitative estimate of drug-likeness (QED) is 0.539. The first-order valence-electron chi connectivity index (χ1n) is 3.63. The van der Waals surface area contributed by atoms with Crippen LogP contribution in [0, 0.1) is 11.3 Å². The van der Waals surface area contributed by atoms with E-state index in [0.717, 1.165) is 12.8 Å². The Labute approximate surface area is 57.4 Å². The molecule has 0 nitrogen and oxygen atoms in total. The van der Waals surface area contributed by atoms with Crippen molar-refractivity contribution in [3.63, 3.8) is 0 Å². The highest BCUT2D eigenvalue weighted by atomic mass is 19.4. The number of rotatable bonds is 1. The monoisotopic (exact) mass is 150 g/mol. The van der Waals surface area contributed by atoms with Gasteiger partial charge >= 0.3 is 6.18 Å². The highest BCUT2D eigenvalue weighted by molar-refractivity contribution is 5.08. The maximum absolute atomic E-state index is 12.2. The van der Waals surface area contributed by atoms with E-state index in [1.165, 1.54) is 0 Å². The molecule has 0 aromatic rings. The van der Waals surface area contributed by atoms with Crippen LogP contribution in [0.1, 0.15) is 25.7 Å². The van der Waals surface area contributed by atoms with Gasteiger partial charge in [0.1, 0.15) is 0 Å². The molecule has 3 heteroatoms. The normalized spacial score (nSPS) is 30.3. The van der Waals surface area contributed by atoms with E-state index in [-0.39, 0.29) is 5.92 Å². The van der Waals surface area contributed by atoms with Gasteiger partial charge in [0.25, 0.3) is 0 Å². The molecule has 2 rings (SSSR count). The molecule has 2 fully saturated rings. The average molecular weight is 150 g/mol. The van der Waals surface area contributed by atoms with Crippen LogP contribution in [0.5, 0.6) is 0 Å². The third-order valence-electron chi connectivity index (χ3n) is 2.71. The summed E-state index contributed by atoms with van der Waals surface area (Å²) in [5, 5.41) is 0. The molecular formula is C7H9F3. The Morgan fingerprint density at radius 3 is 1.70 bits per heavy atom. The summed E-state index contributed by atoms with van der Waals surface area (Å²) in [6.45, 7) is 0. The first-order chi connectivity index (χ1) is 4.56. The molecule has 0 saturated heterocycles. The Bertz CT molecular complexity index is 151. The summed E-state index contributed by atoms with van der Waals surface area (Å²) in [7, 11) is 0. The first kappa shape index (κ1) is 6.50. The number of hydrogen-bond donors (Lipinski definition) is 0. The molecule has 0 atom stereocenters. The second kappa shape index (κ2) is 1.51. The third kappa shape index (κ3) is 0.691. The molecule has 0 radical (unpaired) electrons. The molecule has 10 heavy (non-hydrogen) atoms. The van der Waals surface area contributed by atoms with Crippen LogP contribution in [0.25, 0.3) is 0 Å². The van der Waals surface area contributed by atoms with Crippen molar-refractivity contribution in [3.8, 4) is 0 Å². The highest BCUT2D eigenvalue weighted by Crippen LogP contribution is 2.68. The lowest BCUT2D eigenvalue weighted by molar-refractivity contribution is -0.193. The molecule has 58 valence electrons. The summed E-state index contributed by atoms with van der Waals surface area (Å²) in [6, 6.07) is 0. The van der Waals surface area contributed by atoms with Crippen molar-refractivity contribution < 1.29 is 13.2 Å². The Kier molecular flexibility index (Phi) is 0.982. The van der Waals surface area contributed by atoms with Crippen LogP contribution in [0.4, 0.5) is 13.2 Å². The Balaban J connectivity index is 2.13. The molecular weight excluding hydrogens is 141 g/mol. The third-order valence-corrected chi connectivity index (χ3v) is 2.71. The van der Waals surface area contributed by atoms with Gasteiger partial charge in [0, 0.05) is 0 Å². The molecule has 0 N–H and O–H groups in total. The standard InChI is InChI=1S/C7H9F3/c8-7(9,10)6(3-4-6)5-1-2-5/h5H,1-4H2. The van der Waals surface area contributed by atoms with Gasteiger partial charge < -0.3 is 0 Å². The minimum Gasteiger partial charge on any atom is -0.170 e. The van der Waals surface area contributed by atoms with Crippen molar-refractivity contribution in [2.24, 2.45) is 11.3 Å². The van der Waals surface area contributed by atoms with Crippen molar-refractivity contribution >= 4 is 0 Å². The van der Waals surface area contributed by atoms with E-state index >= 15 is 0 Å². The van der Waals surface area contributed by atoms with E-state index in [0.29, 0.717) is 12.8 Å². The average Bonchev–Trinajstić information content (AvgIpc) is 2.56. The topological polar surface area (TPSA) is 0 Å². The predicted molar refractivity (Wildman–Crippen MR) is 30.4 cm³/mol. The Morgan fingerprint density at radius 1 is 1.10 bits per heavy atom. The van der Waals surface area contributed by atoms with Gasteiger partial charge in [-0.25, -0.2) is 0 Å². The summed E-state index contributed by atoms with van der Waals surface area (Å²) in [5.74, 6) is -0.00694. The number of alkyl halides is 3. The lowest BCUT2D eigenvalue weighted by Crippen LogP contribution is -2.26. The number of hydrogen-bond acceptors (Lipinski definition) is 0. The zero-order chi connectivity index (χ0) is 7.41. The van der Waals surface area contributed by atoms with E-state index < -0.39 is 11.6 Å². The van der Waals surface area contributed by atoms with Gasteiger partial charge in [0.15, 0.2) is 0 Å². The van der Waals surface area contributed by atoms with Crippen LogP contribution >= 0.6 is 0 Å². The van der Waals surface area contributed by atoms with Crippen molar-refractivity contribution in [1.29, 1.82) is 0 Å². The highest BCUT2D eigenvalue weighted by Gasteiger charge is 2.69. The lowest BCUT2D eigenvalue weighted by Gasteiger charge is -2.17. The molecule has 2 aliphatic rings. The second-order valence-corrected chi connectivity index (χ2v) is 3.43. The second-order valence-electron chi connectivity index (χ2n) is 3.43. The van der Waals surface area contributed by atoms with Crippen molar-refractivity contribution in [1.82, 2.24) is 0 Å². The van der Waals surface area contributed by atoms with Crippen LogP contribution in [-0.2, 0) is 0 Å². The van der Waals surface area contributed by atoms with E-state index in [1.807, 2.05) is 0 Å². The SMILES string of the molecule is FC(F)(F)C1(C2CC2)CC1. The van der Waals surface area contributed by atoms with E-state index in [2.05, 4.69) is 0 Å². The molecule has 0 heterocycles. The lowest BCUT2D eigenvalue weighted by atomic mass is 10.0. The number of halogens is 3. The fraction of sp³-hybridized carbons (Fsp3) is 1.00. The van der Waals surface area contributed by atoms with Gasteiger partial charge in [0.2, 0.25) is 0 Å². The van der Waals surface area contributed by atoms with Gasteiger partial charge in [0.05, 0.1) is 5.41 Å². The van der Waals surface area contributed by atoms with E-state index in [9.17, 15) is 13.2 Å². The predicted octanol–water partition coefficient (Wildman–Crippen LogP) is 2.74. The molecule has 0 spiro atoms. The van der Waals surface area contributed by atoms with Crippen molar-refractivity contribution in [3.05, 3.63) is 0 Å². The summed E-state index contributed by atoms with van der Waals surface area (Å²) >= 11 is 0. The maximum atomic E-state index is 12.2. The van der Waals surface area contributed by atoms with Crippen LogP contribution in [-0.4, -0.2) is 6.18 Å². The van der Waals surface area contributed by atoms with E-state index in [4.69, 9.17) is 0 Å². The van der Waals surface area contributed by atoms with Gasteiger partial charge in [-0.3, -0.25) is 0 Å². The molecule has 0 aromatic heterocycles. The zero-order valence-electron chi connectivity index (χ0n) is 5.54. The summed E-state index contributed by atoms with van der Waals surface area (Å²) in [5.41, 5.74) is -1.20. The minimum atomic E-state index is -3.91. The van der Waals surface area contributed by atoms with Gasteiger partial charge in [-0.05, 0) is 31.6 Å². The fourth-order valence-electron chi connectivity index (χ4n) is 1.69. The molecule has 0 unspecified atom stereocenters. The van der Waals surface area contributed by atoms with Gasteiger partial charge in [-0.2, -0.15) is 13.2 Å². The van der Waals surface area contributed by atoms with Crippen LogP contribution < -0.4 is 0 Å². The van der Waals surface area contributed by atoms with Crippen LogP contribution in [0.2, 0.25) is 0 Å². The summed E-state index contributed by atoms with van der Waals surface area (Å²) in [4.78, 5) is 0. The Hall–Kier alpha value is -0.210. The smallest absolute Gasteiger partial charge is 0.170 e. The van der Waals surface area contributed by atoms with Crippen molar-refractivity contribution in [2.45, 2.75) is 31.9 Å². The molecule has 0 amide bonds. The van der Waals surface area contributed by atoms with Gasteiger partial charge in [-0.15, -0.1) is 0 Å².